The monoisotopic (exact) mass is 307 g/mol. The van der Waals surface area contributed by atoms with E-state index in [9.17, 15) is 23.3 Å². The number of nitrogens with zero attached hydrogens (tertiary/aromatic N) is 1. The van der Waals surface area contributed by atoms with Gasteiger partial charge in [-0.3, -0.25) is 10.1 Å². The van der Waals surface area contributed by atoms with Gasteiger partial charge in [-0.1, -0.05) is 0 Å². The molecule has 1 aromatic carbocycles. The Morgan fingerprint density at radius 2 is 2.05 bits per heavy atom. The summed E-state index contributed by atoms with van der Waals surface area (Å²) in [6, 6.07) is 2.77. The highest BCUT2D eigenvalue weighted by Gasteiger charge is 2.38. The van der Waals surface area contributed by atoms with Crippen molar-refractivity contribution in [1.82, 2.24) is 5.32 Å². The van der Waals surface area contributed by atoms with Crippen LogP contribution in [-0.2, 0) is 6.18 Å². The summed E-state index contributed by atoms with van der Waals surface area (Å²) in [7, 11) is 0. The van der Waals surface area contributed by atoms with Gasteiger partial charge in [-0.25, -0.2) is 0 Å². The number of aliphatic hydroxyl groups excluding tert-OH is 1. The van der Waals surface area contributed by atoms with Crippen LogP contribution in [0.1, 0.15) is 12.5 Å². The van der Waals surface area contributed by atoms with E-state index in [0.717, 1.165) is 6.07 Å². The van der Waals surface area contributed by atoms with Gasteiger partial charge in [0.1, 0.15) is 5.56 Å². The van der Waals surface area contributed by atoms with Crippen LogP contribution in [0.2, 0.25) is 0 Å². The van der Waals surface area contributed by atoms with Gasteiger partial charge >= 0.3 is 6.18 Å². The zero-order valence-electron chi connectivity index (χ0n) is 11.3. The molecule has 9 heteroatoms. The van der Waals surface area contributed by atoms with Gasteiger partial charge in [-0.2, -0.15) is 13.2 Å². The van der Waals surface area contributed by atoms with E-state index in [0.29, 0.717) is 25.7 Å². The molecule has 0 spiro atoms. The number of nitrogens with one attached hydrogen (secondary N) is 2. The van der Waals surface area contributed by atoms with Crippen molar-refractivity contribution < 1.29 is 23.2 Å². The van der Waals surface area contributed by atoms with E-state index in [1.54, 1.807) is 6.92 Å². The lowest BCUT2D eigenvalue weighted by Crippen LogP contribution is -2.29. The third-order valence-corrected chi connectivity index (χ3v) is 2.57. The molecule has 118 valence electrons. The van der Waals surface area contributed by atoms with Crippen molar-refractivity contribution >= 4 is 11.4 Å². The van der Waals surface area contributed by atoms with Gasteiger partial charge in [0.25, 0.3) is 5.69 Å². The molecule has 3 N–H and O–H groups in total. The molecule has 0 amide bonds. The van der Waals surface area contributed by atoms with E-state index in [-0.39, 0.29) is 5.69 Å². The van der Waals surface area contributed by atoms with E-state index in [4.69, 9.17) is 5.11 Å². The summed E-state index contributed by atoms with van der Waals surface area (Å²) < 4.78 is 38.2. The Morgan fingerprint density at radius 1 is 1.38 bits per heavy atom. The summed E-state index contributed by atoms with van der Waals surface area (Å²) >= 11 is 0. The standard InChI is InChI=1S/C12H16F3N3O3/c1-8(19)7-16-4-5-17-9-2-3-11(18(20)21)10(6-9)12(13,14)15/h2-3,6,8,16-17,19H,4-5,7H2,1H3. The maximum Gasteiger partial charge on any atom is 0.423 e. The summed E-state index contributed by atoms with van der Waals surface area (Å²) in [6.45, 7) is 2.73. The average molecular weight is 307 g/mol. The zero-order valence-corrected chi connectivity index (χ0v) is 11.3. The highest BCUT2D eigenvalue weighted by molar-refractivity contribution is 5.55. The summed E-state index contributed by atoms with van der Waals surface area (Å²) in [6.07, 6.45) is -5.30. The fourth-order valence-corrected chi connectivity index (χ4v) is 1.64. The summed E-state index contributed by atoms with van der Waals surface area (Å²) in [4.78, 5) is 9.54. The number of halogens is 3. The molecule has 0 aromatic heterocycles. The molecular weight excluding hydrogens is 291 g/mol. The van der Waals surface area contributed by atoms with Gasteiger partial charge < -0.3 is 15.7 Å². The molecule has 1 unspecified atom stereocenters. The predicted octanol–water partition coefficient (Wildman–Crippen LogP) is 2.00. The van der Waals surface area contributed by atoms with Crippen molar-refractivity contribution in [1.29, 1.82) is 0 Å². The number of alkyl halides is 3. The van der Waals surface area contributed by atoms with Crippen molar-refractivity contribution in [2.75, 3.05) is 25.0 Å². The Bertz CT molecular complexity index is 492. The van der Waals surface area contributed by atoms with Gasteiger partial charge in [0.05, 0.1) is 11.0 Å². The normalized spacial score (nSPS) is 13.0. The van der Waals surface area contributed by atoms with Crippen molar-refractivity contribution in [2.24, 2.45) is 0 Å². The molecule has 0 aliphatic rings. The second-order valence-corrected chi connectivity index (χ2v) is 4.47. The Hall–Kier alpha value is -1.87. The lowest BCUT2D eigenvalue weighted by atomic mass is 10.1. The Balaban J connectivity index is 2.71. The highest BCUT2D eigenvalue weighted by atomic mass is 19.4. The average Bonchev–Trinajstić information content (AvgIpc) is 2.36. The quantitative estimate of drug-likeness (QED) is 0.407. The molecule has 6 nitrogen and oxygen atoms in total. The van der Waals surface area contributed by atoms with Gasteiger partial charge in [0.2, 0.25) is 0 Å². The Labute approximate surface area is 119 Å². The zero-order chi connectivity index (χ0) is 16.0. The fourth-order valence-electron chi connectivity index (χ4n) is 1.64. The minimum Gasteiger partial charge on any atom is -0.392 e. The van der Waals surface area contributed by atoms with Crippen LogP contribution in [0.4, 0.5) is 24.5 Å². The molecule has 0 heterocycles. The summed E-state index contributed by atoms with van der Waals surface area (Å²) in [5.41, 5.74) is -2.11. The molecule has 0 fully saturated rings. The van der Waals surface area contributed by atoms with Gasteiger partial charge in [0, 0.05) is 31.4 Å². The van der Waals surface area contributed by atoms with Crippen molar-refractivity contribution in [3.05, 3.63) is 33.9 Å². The largest absolute Gasteiger partial charge is 0.423 e. The second-order valence-electron chi connectivity index (χ2n) is 4.47. The topological polar surface area (TPSA) is 87.4 Å². The molecule has 1 aromatic rings. The first-order chi connectivity index (χ1) is 9.71. The van der Waals surface area contributed by atoms with Crippen LogP contribution in [0.3, 0.4) is 0 Å². The van der Waals surface area contributed by atoms with Crippen LogP contribution in [0.15, 0.2) is 18.2 Å². The van der Waals surface area contributed by atoms with Crippen molar-refractivity contribution in [3.8, 4) is 0 Å². The molecule has 21 heavy (non-hydrogen) atoms. The van der Waals surface area contributed by atoms with E-state index in [1.807, 2.05) is 0 Å². The minimum absolute atomic E-state index is 0.145. The number of hydrogen-bond donors (Lipinski definition) is 3. The van der Waals surface area contributed by atoms with Crippen molar-refractivity contribution in [2.45, 2.75) is 19.2 Å². The van der Waals surface area contributed by atoms with Gasteiger partial charge in [-0.15, -0.1) is 0 Å². The first-order valence-electron chi connectivity index (χ1n) is 6.20. The molecule has 0 aliphatic heterocycles. The predicted molar refractivity (Wildman–Crippen MR) is 71.1 cm³/mol. The fraction of sp³-hybridized carbons (Fsp3) is 0.500. The molecule has 0 saturated heterocycles. The maximum atomic E-state index is 12.7. The van der Waals surface area contributed by atoms with Crippen LogP contribution in [0, 0.1) is 10.1 Å². The maximum absolute atomic E-state index is 12.7. The third kappa shape index (κ3) is 5.56. The van der Waals surface area contributed by atoms with Crippen LogP contribution >= 0.6 is 0 Å². The molecule has 0 aliphatic carbocycles. The molecule has 1 atom stereocenters. The SMILES string of the molecule is CC(O)CNCCNc1ccc([N+](=O)[O-])c(C(F)(F)F)c1. The number of benzene rings is 1. The Kier molecular flexibility index (Phi) is 5.91. The van der Waals surface area contributed by atoms with E-state index in [2.05, 4.69) is 10.6 Å². The van der Waals surface area contributed by atoms with Crippen LogP contribution in [0.5, 0.6) is 0 Å². The molecular formula is C12H16F3N3O3. The summed E-state index contributed by atoms with van der Waals surface area (Å²) in [5, 5.41) is 25.2. The van der Waals surface area contributed by atoms with Crippen molar-refractivity contribution in [3.63, 3.8) is 0 Å². The molecule has 1 rings (SSSR count). The van der Waals surface area contributed by atoms with E-state index < -0.39 is 28.5 Å². The number of nitro benzene ring substituents is 1. The molecule has 0 radical (unpaired) electrons. The van der Waals surface area contributed by atoms with E-state index in [1.165, 1.54) is 6.07 Å². The Morgan fingerprint density at radius 3 is 2.57 bits per heavy atom. The summed E-state index contributed by atoms with van der Waals surface area (Å²) in [5.74, 6) is 0. The number of anilines is 1. The number of aliphatic hydroxyl groups is 1. The van der Waals surface area contributed by atoms with Crippen LogP contribution in [0.25, 0.3) is 0 Å². The first-order valence-corrected chi connectivity index (χ1v) is 6.20. The van der Waals surface area contributed by atoms with Gasteiger partial charge in [-0.05, 0) is 19.1 Å². The number of nitro groups is 1. The second kappa shape index (κ2) is 7.23. The third-order valence-electron chi connectivity index (χ3n) is 2.57. The smallest absolute Gasteiger partial charge is 0.392 e. The molecule has 0 bridgehead atoms. The first kappa shape index (κ1) is 17.2. The minimum atomic E-state index is -4.79. The number of rotatable bonds is 7. The van der Waals surface area contributed by atoms with Crippen LogP contribution < -0.4 is 10.6 Å². The molecule has 0 saturated carbocycles. The van der Waals surface area contributed by atoms with Crippen LogP contribution in [-0.4, -0.2) is 35.8 Å². The highest BCUT2D eigenvalue weighted by Crippen LogP contribution is 2.37. The lowest BCUT2D eigenvalue weighted by molar-refractivity contribution is -0.388. The lowest BCUT2D eigenvalue weighted by Gasteiger charge is -2.12. The van der Waals surface area contributed by atoms with E-state index >= 15 is 0 Å². The number of hydrogen-bond acceptors (Lipinski definition) is 5. The van der Waals surface area contributed by atoms with Gasteiger partial charge in [0.15, 0.2) is 0 Å².